The number of carbonyl (C=O) groups excluding carboxylic acids is 1. The molecule has 1 heterocycles. The summed E-state index contributed by atoms with van der Waals surface area (Å²) in [5, 5.41) is 0. The minimum Gasteiger partial charge on any atom is -0.459 e. The molecule has 3 nitrogen and oxygen atoms in total. The predicted molar refractivity (Wildman–Crippen MR) is 114 cm³/mol. The molecule has 3 rings (SSSR count). The molecule has 0 radical (unpaired) electrons. The summed E-state index contributed by atoms with van der Waals surface area (Å²) in [6.07, 6.45) is 6.42. The quantitative estimate of drug-likeness (QED) is 0.443. The first kappa shape index (κ1) is 20.6. The number of ether oxygens (including phenoxy) is 1. The van der Waals surface area contributed by atoms with Gasteiger partial charge in [0.25, 0.3) is 0 Å². The topological polar surface area (TPSA) is 26.3 Å². The molecule has 1 fully saturated rings. The van der Waals surface area contributed by atoms with Crippen molar-refractivity contribution in [1.29, 1.82) is 0 Å². The summed E-state index contributed by atoms with van der Waals surface area (Å²) in [5.74, 6) is -0.490. The maximum absolute atomic E-state index is 13.1. The van der Waals surface area contributed by atoms with Crippen LogP contribution in [0.5, 0.6) is 0 Å². The van der Waals surface area contributed by atoms with E-state index in [-0.39, 0.29) is 11.9 Å². The minimum atomic E-state index is -0.354. The molecule has 0 unspecified atom stereocenters. The summed E-state index contributed by atoms with van der Waals surface area (Å²) in [5.41, 5.74) is 1.98. The standard InChI is InChI=1S/C25H34NO2/c1-2-3-17-26(18-11-6-12-19-26)20-21-28-25(27)24(22-13-7-4-8-14-22)23-15-9-5-10-16-23/h4-5,7-10,13-16,24H,2-3,6,11-12,17-21H2,1H3/q+1. The first-order chi connectivity index (χ1) is 13.7. The third kappa shape index (κ3) is 5.45. The van der Waals surface area contributed by atoms with Gasteiger partial charge in [0.1, 0.15) is 19.1 Å². The Morgan fingerprint density at radius 2 is 1.46 bits per heavy atom. The van der Waals surface area contributed by atoms with Crippen molar-refractivity contribution in [1.82, 2.24) is 0 Å². The number of carbonyl (C=O) groups is 1. The van der Waals surface area contributed by atoms with E-state index in [1.807, 2.05) is 60.7 Å². The van der Waals surface area contributed by atoms with Crippen molar-refractivity contribution in [3.8, 4) is 0 Å². The molecule has 1 saturated heterocycles. The van der Waals surface area contributed by atoms with Crippen molar-refractivity contribution in [2.75, 3.05) is 32.8 Å². The molecular weight excluding hydrogens is 346 g/mol. The van der Waals surface area contributed by atoms with E-state index < -0.39 is 0 Å². The number of piperidine rings is 1. The molecule has 0 atom stereocenters. The van der Waals surface area contributed by atoms with Crippen LogP contribution >= 0.6 is 0 Å². The Bertz CT molecular complexity index is 668. The van der Waals surface area contributed by atoms with Gasteiger partial charge in [-0.2, -0.15) is 0 Å². The lowest BCUT2D eigenvalue weighted by Gasteiger charge is -2.41. The van der Waals surface area contributed by atoms with Gasteiger partial charge in [-0.15, -0.1) is 0 Å². The molecule has 0 bridgehead atoms. The lowest BCUT2D eigenvalue weighted by Crippen LogP contribution is -2.53. The lowest BCUT2D eigenvalue weighted by atomic mass is 9.91. The summed E-state index contributed by atoms with van der Waals surface area (Å²) in [6, 6.07) is 19.9. The number of hydrogen-bond donors (Lipinski definition) is 0. The van der Waals surface area contributed by atoms with Crippen molar-refractivity contribution < 1.29 is 14.0 Å². The third-order valence-electron chi connectivity index (χ3n) is 6.06. The highest BCUT2D eigenvalue weighted by Crippen LogP contribution is 2.26. The number of hydrogen-bond acceptors (Lipinski definition) is 2. The first-order valence-corrected chi connectivity index (χ1v) is 10.9. The van der Waals surface area contributed by atoms with Gasteiger partial charge in [-0.1, -0.05) is 74.0 Å². The number of benzene rings is 2. The molecule has 1 aliphatic rings. The van der Waals surface area contributed by atoms with Crippen molar-refractivity contribution in [2.24, 2.45) is 0 Å². The summed E-state index contributed by atoms with van der Waals surface area (Å²) in [6.45, 7) is 7.40. The van der Waals surface area contributed by atoms with Gasteiger partial charge in [0, 0.05) is 0 Å². The zero-order valence-corrected chi connectivity index (χ0v) is 17.2. The van der Waals surface area contributed by atoms with E-state index in [2.05, 4.69) is 6.92 Å². The molecule has 0 aliphatic carbocycles. The molecular formula is C25H34NO2+. The second-order valence-electron chi connectivity index (χ2n) is 8.07. The first-order valence-electron chi connectivity index (χ1n) is 10.9. The predicted octanol–water partition coefficient (Wildman–Crippen LogP) is 5.16. The van der Waals surface area contributed by atoms with Crippen LogP contribution in [0.4, 0.5) is 0 Å². The normalized spacial score (nSPS) is 16.1. The van der Waals surface area contributed by atoms with Crippen LogP contribution in [-0.2, 0) is 9.53 Å². The summed E-state index contributed by atoms with van der Waals surface area (Å²) in [4.78, 5) is 13.1. The number of esters is 1. The Kier molecular flexibility index (Phi) is 7.67. The molecule has 0 spiro atoms. The molecule has 2 aromatic rings. The number of nitrogens with zero attached hydrogens (tertiary/aromatic N) is 1. The zero-order valence-electron chi connectivity index (χ0n) is 17.2. The Hall–Kier alpha value is -2.13. The van der Waals surface area contributed by atoms with Crippen LogP contribution in [0.2, 0.25) is 0 Å². The lowest BCUT2D eigenvalue weighted by molar-refractivity contribution is -0.932. The van der Waals surface area contributed by atoms with Gasteiger partial charge in [0.2, 0.25) is 0 Å². The van der Waals surface area contributed by atoms with Crippen LogP contribution in [0.15, 0.2) is 60.7 Å². The van der Waals surface area contributed by atoms with Crippen molar-refractivity contribution in [3.05, 3.63) is 71.8 Å². The molecule has 150 valence electrons. The molecule has 0 amide bonds. The zero-order chi connectivity index (χ0) is 19.7. The van der Waals surface area contributed by atoms with E-state index in [1.165, 1.54) is 51.7 Å². The number of quaternary nitrogens is 1. The van der Waals surface area contributed by atoms with Crippen molar-refractivity contribution >= 4 is 5.97 Å². The fourth-order valence-electron chi connectivity index (χ4n) is 4.41. The smallest absolute Gasteiger partial charge is 0.318 e. The van der Waals surface area contributed by atoms with Crippen LogP contribution < -0.4 is 0 Å². The second kappa shape index (κ2) is 10.4. The highest BCUT2D eigenvalue weighted by molar-refractivity contribution is 5.82. The van der Waals surface area contributed by atoms with E-state index >= 15 is 0 Å². The van der Waals surface area contributed by atoms with Gasteiger partial charge in [-0.25, -0.2) is 0 Å². The largest absolute Gasteiger partial charge is 0.459 e. The molecule has 3 heteroatoms. The van der Waals surface area contributed by atoms with E-state index in [1.54, 1.807) is 0 Å². The number of likely N-dealkylation sites (tertiary alicyclic amines) is 1. The summed E-state index contributed by atoms with van der Waals surface area (Å²) < 4.78 is 6.99. The van der Waals surface area contributed by atoms with Gasteiger partial charge in [-0.3, -0.25) is 4.79 Å². The Morgan fingerprint density at radius 1 is 0.893 bits per heavy atom. The molecule has 0 saturated carbocycles. The maximum Gasteiger partial charge on any atom is 0.318 e. The number of rotatable bonds is 9. The Balaban J connectivity index is 1.67. The molecule has 0 aromatic heterocycles. The Morgan fingerprint density at radius 3 is 2.00 bits per heavy atom. The van der Waals surface area contributed by atoms with Crippen LogP contribution in [0.1, 0.15) is 56.1 Å². The van der Waals surface area contributed by atoms with Gasteiger partial charge in [0.15, 0.2) is 0 Å². The highest BCUT2D eigenvalue weighted by atomic mass is 16.5. The number of unbranched alkanes of at least 4 members (excludes halogenated alkanes) is 1. The Labute approximate surface area is 169 Å². The SMILES string of the molecule is CCCC[N+]1(CCOC(=O)C(c2ccccc2)c2ccccc2)CCCCC1. The van der Waals surface area contributed by atoms with Crippen LogP contribution in [0.3, 0.4) is 0 Å². The third-order valence-corrected chi connectivity index (χ3v) is 6.06. The van der Waals surface area contributed by atoms with Crippen LogP contribution in [0, 0.1) is 0 Å². The highest BCUT2D eigenvalue weighted by Gasteiger charge is 2.30. The van der Waals surface area contributed by atoms with Crippen LogP contribution in [0.25, 0.3) is 0 Å². The molecule has 2 aromatic carbocycles. The van der Waals surface area contributed by atoms with Gasteiger partial charge >= 0.3 is 5.97 Å². The van der Waals surface area contributed by atoms with Gasteiger partial charge < -0.3 is 9.22 Å². The van der Waals surface area contributed by atoms with E-state index in [0.717, 1.165) is 22.2 Å². The fourth-order valence-corrected chi connectivity index (χ4v) is 4.41. The van der Waals surface area contributed by atoms with Gasteiger partial charge in [0.05, 0.1) is 19.6 Å². The van der Waals surface area contributed by atoms with Gasteiger partial charge in [-0.05, 0) is 36.8 Å². The molecule has 0 N–H and O–H groups in total. The van der Waals surface area contributed by atoms with E-state index in [4.69, 9.17) is 4.74 Å². The van der Waals surface area contributed by atoms with Crippen molar-refractivity contribution in [3.63, 3.8) is 0 Å². The van der Waals surface area contributed by atoms with Crippen LogP contribution in [-0.4, -0.2) is 43.2 Å². The second-order valence-corrected chi connectivity index (χ2v) is 8.07. The molecule has 1 aliphatic heterocycles. The van der Waals surface area contributed by atoms with E-state index in [0.29, 0.717) is 6.61 Å². The minimum absolute atomic E-state index is 0.136. The monoisotopic (exact) mass is 380 g/mol. The average molecular weight is 381 g/mol. The summed E-state index contributed by atoms with van der Waals surface area (Å²) in [7, 11) is 0. The van der Waals surface area contributed by atoms with Crippen molar-refractivity contribution in [2.45, 2.75) is 44.9 Å². The average Bonchev–Trinajstić information content (AvgIpc) is 2.75. The fraction of sp³-hybridized carbons (Fsp3) is 0.480. The maximum atomic E-state index is 13.1. The van der Waals surface area contributed by atoms with E-state index in [9.17, 15) is 4.79 Å². The molecule has 28 heavy (non-hydrogen) atoms. The summed E-state index contributed by atoms with van der Waals surface area (Å²) >= 11 is 0.